The van der Waals surface area contributed by atoms with Gasteiger partial charge in [0.15, 0.2) is 0 Å². The Morgan fingerprint density at radius 3 is 2.61 bits per heavy atom. The van der Waals surface area contributed by atoms with Gasteiger partial charge in [-0.2, -0.15) is 0 Å². The molecule has 156 valence electrons. The molecule has 1 atom stereocenters. The highest BCUT2D eigenvalue weighted by molar-refractivity contribution is 7.10. The topological polar surface area (TPSA) is 57.7 Å². The largest absolute Gasteiger partial charge is 0.331 e. The Hall–Kier alpha value is -3.25. The van der Waals surface area contributed by atoms with Gasteiger partial charge in [-0.25, -0.2) is 0 Å². The number of hydrogen-bond donors (Lipinski definition) is 0. The van der Waals surface area contributed by atoms with Crippen molar-refractivity contribution in [2.75, 3.05) is 13.1 Å². The van der Waals surface area contributed by atoms with Gasteiger partial charge in [-0.3, -0.25) is 19.3 Å². The van der Waals surface area contributed by atoms with Gasteiger partial charge in [0.2, 0.25) is 5.91 Å². The lowest BCUT2D eigenvalue weighted by Gasteiger charge is -2.36. The van der Waals surface area contributed by atoms with Gasteiger partial charge in [0, 0.05) is 24.4 Å². The van der Waals surface area contributed by atoms with Gasteiger partial charge in [-0.15, -0.1) is 11.3 Å². The molecule has 3 amide bonds. The number of amides is 3. The second kappa shape index (κ2) is 7.78. The first-order chi connectivity index (χ1) is 15.0. The van der Waals surface area contributed by atoms with Gasteiger partial charge in [-0.1, -0.05) is 42.0 Å². The molecule has 3 aromatic rings. The van der Waals surface area contributed by atoms with Crippen molar-refractivity contribution < 1.29 is 14.4 Å². The molecule has 1 aromatic heterocycles. The van der Waals surface area contributed by atoms with E-state index in [1.807, 2.05) is 48.2 Å². The Balaban J connectivity index is 1.36. The number of fused-ring (bicyclic) bond motifs is 2. The Morgan fingerprint density at radius 2 is 1.81 bits per heavy atom. The van der Waals surface area contributed by atoms with Crippen molar-refractivity contribution in [3.05, 3.63) is 92.7 Å². The van der Waals surface area contributed by atoms with Crippen LogP contribution in [0.1, 0.15) is 54.7 Å². The highest BCUT2D eigenvalue weighted by atomic mass is 32.1. The fraction of sp³-hybridized carbons (Fsp3) is 0.240. The first kappa shape index (κ1) is 19.7. The van der Waals surface area contributed by atoms with Gasteiger partial charge in [0.25, 0.3) is 11.8 Å². The van der Waals surface area contributed by atoms with Gasteiger partial charge in [0.05, 0.1) is 17.2 Å². The molecule has 5 rings (SSSR count). The number of carbonyl (C=O) groups is 3. The molecule has 0 fully saturated rings. The molecule has 6 heteroatoms. The zero-order valence-corrected chi connectivity index (χ0v) is 18.0. The van der Waals surface area contributed by atoms with Crippen LogP contribution in [0, 0.1) is 6.92 Å². The highest BCUT2D eigenvalue weighted by Crippen LogP contribution is 2.38. The number of aryl methyl sites for hydroxylation is 1. The molecule has 0 saturated heterocycles. The summed E-state index contributed by atoms with van der Waals surface area (Å²) in [6.07, 6.45) is 0.946. The van der Waals surface area contributed by atoms with Crippen molar-refractivity contribution in [2.45, 2.75) is 25.8 Å². The van der Waals surface area contributed by atoms with E-state index in [-0.39, 0.29) is 36.7 Å². The zero-order chi connectivity index (χ0) is 21.5. The van der Waals surface area contributed by atoms with Crippen LogP contribution in [0.25, 0.3) is 0 Å². The second-order valence-electron chi connectivity index (χ2n) is 8.01. The van der Waals surface area contributed by atoms with Gasteiger partial charge in [0.1, 0.15) is 0 Å². The van der Waals surface area contributed by atoms with Crippen molar-refractivity contribution in [2.24, 2.45) is 0 Å². The Labute approximate surface area is 184 Å². The maximum atomic E-state index is 13.3. The smallest absolute Gasteiger partial charge is 0.261 e. The van der Waals surface area contributed by atoms with Crippen LogP contribution in [0.15, 0.2) is 60.0 Å². The number of benzene rings is 2. The first-order valence-corrected chi connectivity index (χ1v) is 11.3. The zero-order valence-electron chi connectivity index (χ0n) is 17.2. The molecule has 5 nitrogen and oxygen atoms in total. The average Bonchev–Trinajstić information content (AvgIpc) is 3.35. The van der Waals surface area contributed by atoms with E-state index in [9.17, 15) is 14.4 Å². The molecule has 2 aliphatic rings. The number of hydrogen-bond acceptors (Lipinski definition) is 4. The summed E-state index contributed by atoms with van der Waals surface area (Å²) in [5, 5.41) is 2.08. The molecule has 0 bridgehead atoms. The van der Waals surface area contributed by atoms with E-state index in [1.54, 1.807) is 23.5 Å². The van der Waals surface area contributed by atoms with Crippen LogP contribution in [0.2, 0.25) is 0 Å². The van der Waals surface area contributed by atoms with Crippen LogP contribution in [0.5, 0.6) is 0 Å². The number of thiophene rings is 1. The van der Waals surface area contributed by atoms with E-state index in [4.69, 9.17) is 0 Å². The van der Waals surface area contributed by atoms with E-state index in [0.29, 0.717) is 17.7 Å². The van der Waals surface area contributed by atoms with Crippen molar-refractivity contribution in [1.82, 2.24) is 9.80 Å². The van der Waals surface area contributed by atoms with Crippen LogP contribution in [0.3, 0.4) is 0 Å². The predicted octanol–water partition coefficient (Wildman–Crippen LogP) is 4.22. The number of imide groups is 1. The molecule has 0 aliphatic carbocycles. The maximum absolute atomic E-state index is 13.3. The van der Waals surface area contributed by atoms with Crippen molar-refractivity contribution >= 4 is 29.1 Å². The summed E-state index contributed by atoms with van der Waals surface area (Å²) in [5.41, 5.74) is 4.04. The standard InChI is InChI=1S/C25H22N2O3S/c1-16-7-8-18-20(15-16)25(30)27(24(18)29)13-10-22(28)26-12-9-21-19(11-14-31-21)23(26)17-5-3-2-4-6-17/h2-8,11,14-15,23H,9-10,12-13H2,1H3. The molecule has 1 unspecified atom stereocenters. The van der Waals surface area contributed by atoms with E-state index in [1.165, 1.54) is 15.3 Å². The first-order valence-electron chi connectivity index (χ1n) is 10.4. The Bertz CT molecular complexity index is 1180. The molecule has 3 heterocycles. The summed E-state index contributed by atoms with van der Waals surface area (Å²) in [6, 6.07) is 17.3. The van der Waals surface area contributed by atoms with Gasteiger partial charge >= 0.3 is 0 Å². The predicted molar refractivity (Wildman–Crippen MR) is 119 cm³/mol. The van der Waals surface area contributed by atoms with Crippen LogP contribution >= 0.6 is 11.3 Å². The molecular formula is C25H22N2O3S. The van der Waals surface area contributed by atoms with Crippen LogP contribution in [-0.2, 0) is 11.2 Å². The number of rotatable bonds is 4. The monoisotopic (exact) mass is 430 g/mol. The molecule has 0 radical (unpaired) electrons. The van der Waals surface area contributed by atoms with Crippen molar-refractivity contribution in [1.29, 1.82) is 0 Å². The lowest BCUT2D eigenvalue weighted by Crippen LogP contribution is -2.42. The number of carbonyl (C=O) groups excluding carboxylic acids is 3. The minimum Gasteiger partial charge on any atom is -0.331 e. The number of nitrogens with zero attached hydrogens (tertiary/aromatic N) is 2. The molecule has 31 heavy (non-hydrogen) atoms. The van der Waals surface area contributed by atoms with Crippen molar-refractivity contribution in [3.8, 4) is 0 Å². The maximum Gasteiger partial charge on any atom is 0.261 e. The summed E-state index contributed by atoms with van der Waals surface area (Å²) in [4.78, 5) is 43.2. The highest BCUT2D eigenvalue weighted by Gasteiger charge is 2.37. The van der Waals surface area contributed by atoms with E-state index in [0.717, 1.165) is 17.5 Å². The summed E-state index contributed by atoms with van der Waals surface area (Å²) in [5.74, 6) is -0.667. The third-order valence-electron chi connectivity index (χ3n) is 6.08. The molecule has 0 N–H and O–H groups in total. The molecule has 2 aromatic carbocycles. The minimum atomic E-state index is -0.314. The fourth-order valence-corrected chi connectivity index (χ4v) is 5.44. The lowest BCUT2D eigenvalue weighted by molar-refractivity contribution is -0.133. The fourth-order valence-electron chi connectivity index (χ4n) is 4.54. The summed E-state index contributed by atoms with van der Waals surface area (Å²) in [6.45, 7) is 2.62. The second-order valence-corrected chi connectivity index (χ2v) is 9.01. The summed E-state index contributed by atoms with van der Waals surface area (Å²) < 4.78 is 0. The van der Waals surface area contributed by atoms with Gasteiger partial charge < -0.3 is 4.90 Å². The third-order valence-corrected chi connectivity index (χ3v) is 7.07. The lowest BCUT2D eigenvalue weighted by atomic mass is 9.93. The molecule has 0 saturated carbocycles. The third kappa shape index (κ3) is 3.37. The summed E-state index contributed by atoms with van der Waals surface area (Å²) in [7, 11) is 0. The summed E-state index contributed by atoms with van der Waals surface area (Å²) >= 11 is 1.73. The van der Waals surface area contributed by atoms with E-state index < -0.39 is 0 Å². The SMILES string of the molecule is Cc1ccc2c(c1)C(=O)N(CCC(=O)N1CCc3sccc3C1c1ccccc1)C2=O. The Morgan fingerprint density at radius 1 is 1.03 bits per heavy atom. The van der Waals surface area contributed by atoms with Crippen LogP contribution < -0.4 is 0 Å². The Kier molecular flexibility index (Phi) is 4.94. The quantitative estimate of drug-likeness (QED) is 0.583. The molecule has 0 spiro atoms. The van der Waals surface area contributed by atoms with Crippen LogP contribution in [0.4, 0.5) is 0 Å². The normalized spacial score (nSPS) is 17.6. The minimum absolute atomic E-state index is 0.0431. The molecular weight excluding hydrogens is 408 g/mol. The van der Waals surface area contributed by atoms with Crippen molar-refractivity contribution in [3.63, 3.8) is 0 Å². The van der Waals surface area contributed by atoms with Gasteiger partial charge in [-0.05, 0) is 48.1 Å². The van der Waals surface area contributed by atoms with E-state index >= 15 is 0 Å². The van der Waals surface area contributed by atoms with E-state index in [2.05, 4.69) is 11.4 Å². The molecule has 2 aliphatic heterocycles. The average molecular weight is 431 g/mol. The van der Waals surface area contributed by atoms with Crippen LogP contribution in [-0.4, -0.2) is 40.6 Å².